The van der Waals surface area contributed by atoms with Crippen molar-refractivity contribution in [3.05, 3.63) is 0 Å². The van der Waals surface area contributed by atoms with Crippen molar-refractivity contribution < 1.29 is 19.3 Å². The van der Waals surface area contributed by atoms with Crippen LogP contribution >= 0.6 is 0 Å². The molecule has 0 aromatic rings. The second-order valence-electron chi connectivity index (χ2n) is 8.46. The van der Waals surface area contributed by atoms with Crippen LogP contribution in [-0.4, -0.2) is 18.4 Å². The molecule has 130 valence electrons. The topological polar surface area (TPSA) is 51.4 Å². The summed E-state index contributed by atoms with van der Waals surface area (Å²) in [5, 5.41) is 0. The third-order valence-corrected chi connectivity index (χ3v) is 4.77. The maximum absolute atomic E-state index is 13.0. The number of unbranched alkanes of at least 4 members (excludes halogenated alkanes) is 1. The van der Waals surface area contributed by atoms with Crippen LogP contribution in [0.1, 0.15) is 81.1 Å². The minimum absolute atomic E-state index is 0.0959. The molecule has 1 unspecified atom stereocenters. The van der Waals surface area contributed by atoms with Gasteiger partial charge in [-0.25, -0.2) is 0 Å². The van der Waals surface area contributed by atoms with Crippen LogP contribution in [0.4, 0.5) is 0 Å². The van der Waals surface area contributed by atoms with E-state index >= 15 is 0 Å². The number of esters is 1. The van der Waals surface area contributed by atoms with Crippen molar-refractivity contribution in [1.29, 1.82) is 0 Å². The first kappa shape index (κ1) is 19.4. The molecule has 0 bridgehead atoms. The van der Waals surface area contributed by atoms with Crippen LogP contribution in [-0.2, 0) is 19.3 Å². The summed E-state index contributed by atoms with van der Waals surface area (Å²) in [6.07, 6.45) is 3.55. The van der Waals surface area contributed by atoms with Crippen molar-refractivity contribution in [3.8, 4) is 0 Å². The maximum atomic E-state index is 13.0. The number of rotatable bonds is 8. The third kappa shape index (κ3) is 3.65. The molecule has 0 radical (unpaired) electrons. The van der Waals surface area contributed by atoms with Gasteiger partial charge in [-0.1, -0.05) is 54.4 Å². The molecule has 0 N–H and O–H groups in total. The Hall–Kier alpha value is -0.610. The Labute approximate surface area is 135 Å². The Morgan fingerprint density at radius 3 is 2.00 bits per heavy atom. The number of carbonyl (C=O) groups excluding carboxylic acids is 1. The molecule has 1 aliphatic heterocycles. The summed E-state index contributed by atoms with van der Waals surface area (Å²) in [7, 11) is 0. The molecule has 1 atom stereocenters. The second kappa shape index (κ2) is 6.48. The zero-order chi connectivity index (χ0) is 17.2. The summed E-state index contributed by atoms with van der Waals surface area (Å²) >= 11 is 0. The molecule has 22 heavy (non-hydrogen) atoms. The lowest BCUT2D eigenvalue weighted by atomic mass is 9.55. The lowest BCUT2D eigenvalue weighted by molar-refractivity contribution is -0.176. The largest absolute Gasteiger partial charge is 0.465 e. The predicted molar refractivity (Wildman–Crippen MR) is 87.0 cm³/mol. The molecule has 1 aliphatic rings. The van der Waals surface area contributed by atoms with E-state index in [1.165, 1.54) is 0 Å². The molecule has 1 rings (SSSR count). The van der Waals surface area contributed by atoms with Crippen molar-refractivity contribution in [2.45, 2.75) is 86.9 Å². The van der Waals surface area contributed by atoms with E-state index in [-0.39, 0.29) is 16.8 Å². The summed E-state index contributed by atoms with van der Waals surface area (Å²) in [5.74, 6) is -1.08. The van der Waals surface area contributed by atoms with E-state index in [1.807, 2.05) is 13.8 Å². The van der Waals surface area contributed by atoms with E-state index < -0.39 is 11.2 Å². The van der Waals surface area contributed by atoms with Gasteiger partial charge in [-0.3, -0.25) is 4.79 Å². The quantitative estimate of drug-likeness (QED) is 0.364. The number of hydrogen-bond acceptors (Lipinski definition) is 4. The first-order valence-electron chi connectivity index (χ1n) is 8.50. The van der Waals surface area contributed by atoms with Gasteiger partial charge in [-0.05, 0) is 37.5 Å². The van der Waals surface area contributed by atoms with Gasteiger partial charge in [0.15, 0.2) is 0 Å². The normalized spacial score (nSPS) is 20.4. The third-order valence-electron chi connectivity index (χ3n) is 4.77. The van der Waals surface area contributed by atoms with Crippen LogP contribution in [0.15, 0.2) is 0 Å². The number of hydrogen-bond donors (Lipinski definition) is 0. The van der Waals surface area contributed by atoms with E-state index in [1.54, 1.807) is 0 Å². The average Bonchev–Trinajstić information content (AvgIpc) is 3.06. The highest BCUT2D eigenvalue weighted by atomic mass is 17.4. The van der Waals surface area contributed by atoms with E-state index in [2.05, 4.69) is 41.5 Å². The van der Waals surface area contributed by atoms with Gasteiger partial charge in [0.25, 0.3) is 0 Å². The summed E-state index contributed by atoms with van der Waals surface area (Å²) in [6.45, 7) is 17.1. The van der Waals surface area contributed by atoms with Crippen molar-refractivity contribution in [2.24, 2.45) is 16.2 Å². The SMILES string of the molecule is CCCCC(C(=O)OCC)(C(C)(C)CC(C)(C)C)C1(C)OO1. The van der Waals surface area contributed by atoms with Crippen LogP contribution in [0.3, 0.4) is 0 Å². The van der Waals surface area contributed by atoms with Crippen molar-refractivity contribution >= 4 is 5.97 Å². The smallest absolute Gasteiger partial charge is 0.318 e. The Morgan fingerprint density at radius 2 is 1.64 bits per heavy atom. The highest BCUT2D eigenvalue weighted by Crippen LogP contribution is 2.62. The van der Waals surface area contributed by atoms with Gasteiger partial charge in [0.2, 0.25) is 5.79 Å². The molecule has 1 fully saturated rings. The molecule has 0 saturated carbocycles. The molecule has 1 saturated heterocycles. The zero-order valence-corrected chi connectivity index (χ0v) is 15.7. The Bertz CT molecular complexity index is 390. The Kier molecular flexibility index (Phi) is 5.73. The second-order valence-corrected chi connectivity index (χ2v) is 8.46. The fourth-order valence-electron chi connectivity index (χ4n) is 4.12. The van der Waals surface area contributed by atoms with Gasteiger partial charge in [0.05, 0.1) is 6.61 Å². The lowest BCUT2D eigenvalue weighted by Crippen LogP contribution is -2.55. The zero-order valence-electron chi connectivity index (χ0n) is 15.7. The molecular weight excluding hydrogens is 280 g/mol. The molecule has 0 aromatic carbocycles. The summed E-state index contributed by atoms with van der Waals surface area (Å²) < 4.78 is 5.47. The highest BCUT2D eigenvalue weighted by Gasteiger charge is 2.72. The van der Waals surface area contributed by atoms with Crippen LogP contribution in [0.5, 0.6) is 0 Å². The number of ether oxygens (including phenoxy) is 1. The Balaban J connectivity index is 3.31. The average molecular weight is 314 g/mol. The van der Waals surface area contributed by atoms with Crippen molar-refractivity contribution in [1.82, 2.24) is 0 Å². The fourth-order valence-corrected chi connectivity index (χ4v) is 4.12. The molecule has 1 heterocycles. The molecule has 0 aromatic heterocycles. The highest BCUT2D eigenvalue weighted by molar-refractivity contribution is 5.79. The monoisotopic (exact) mass is 314 g/mol. The standard InChI is InChI=1S/C18H34O4/c1-9-11-12-18(14(19)20-10-2,17(8)21-22-17)16(6,7)13-15(3,4)5/h9-13H2,1-8H3. The van der Waals surface area contributed by atoms with E-state index in [9.17, 15) is 4.79 Å². The van der Waals surface area contributed by atoms with Gasteiger partial charge < -0.3 is 4.74 Å². The minimum atomic E-state index is -0.886. The van der Waals surface area contributed by atoms with Gasteiger partial charge >= 0.3 is 5.97 Å². The first-order chi connectivity index (χ1) is 9.96. The number of carbonyl (C=O) groups is 1. The maximum Gasteiger partial charge on any atom is 0.318 e. The van der Waals surface area contributed by atoms with E-state index in [4.69, 9.17) is 14.5 Å². The van der Waals surface area contributed by atoms with Crippen LogP contribution in [0, 0.1) is 16.2 Å². The summed E-state index contributed by atoms with van der Waals surface area (Å²) in [5.41, 5.74) is -1.00. The van der Waals surface area contributed by atoms with E-state index in [0.29, 0.717) is 13.0 Å². The lowest BCUT2D eigenvalue weighted by Gasteiger charge is -2.48. The van der Waals surface area contributed by atoms with Crippen molar-refractivity contribution in [2.75, 3.05) is 6.61 Å². The molecule has 0 spiro atoms. The predicted octanol–water partition coefficient (Wildman–Crippen LogP) is 4.87. The van der Waals surface area contributed by atoms with E-state index in [0.717, 1.165) is 19.3 Å². The summed E-state index contributed by atoms with van der Waals surface area (Å²) in [6, 6.07) is 0. The Morgan fingerprint density at radius 1 is 1.09 bits per heavy atom. The van der Waals surface area contributed by atoms with Crippen LogP contribution in [0.2, 0.25) is 0 Å². The van der Waals surface area contributed by atoms with Crippen LogP contribution in [0.25, 0.3) is 0 Å². The molecule has 4 heteroatoms. The molecule has 0 amide bonds. The van der Waals surface area contributed by atoms with Crippen molar-refractivity contribution in [3.63, 3.8) is 0 Å². The molecule has 4 nitrogen and oxygen atoms in total. The van der Waals surface area contributed by atoms with Gasteiger partial charge in [0.1, 0.15) is 5.41 Å². The van der Waals surface area contributed by atoms with Gasteiger partial charge in [-0.15, -0.1) is 0 Å². The molecular formula is C18H34O4. The van der Waals surface area contributed by atoms with Gasteiger partial charge in [-0.2, -0.15) is 9.78 Å². The summed E-state index contributed by atoms with van der Waals surface area (Å²) in [4.78, 5) is 23.7. The van der Waals surface area contributed by atoms with Crippen LogP contribution < -0.4 is 0 Å². The minimum Gasteiger partial charge on any atom is -0.465 e. The first-order valence-corrected chi connectivity index (χ1v) is 8.50. The fraction of sp³-hybridized carbons (Fsp3) is 0.944. The van der Waals surface area contributed by atoms with Gasteiger partial charge in [0, 0.05) is 0 Å². The molecule has 0 aliphatic carbocycles.